The second-order valence-corrected chi connectivity index (χ2v) is 8.05. The lowest BCUT2D eigenvalue weighted by atomic mass is 9.94. The maximum absolute atomic E-state index is 9.48. The average molecular weight is 350 g/mol. The van der Waals surface area contributed by atoms with Gasteiger partial charge in [0.25, 0.3) is 0 Å². The van der Waals surface area contributed by atoms with Crippen molar-refractivity contribution in [1.29, 1.82) is 0 Å². The quantitative estimate of drug-likeness (QED) is 0.818. The van der Waals surface area contributed by atoms with E-state index >= 15 is 0 Å². The molecule has 0 radical (unpaired) electrons. The van der Waals surface area contributed by atoms with Crippen molar-refractivity contribution in [1.82, 2.24) is 14.7 Å². The van der Waals surface area contributed by atoms with Gasteiger partial charge in [-0.15, -0.1) is 0 Å². The fourth-order valence-corrected chi connectivity index (χ4v) is 4.37. The van der Waals surface area contributed by atoms with Crippen LogP contribution in [0.2, 0.25) is 0 Å². The summed E-state index contributed by atoms with van der Waals surface area (Å²) in [5.74, 6) is 1.86. The Balaban J connectivity index is 1.48. The molecule has 3 rings (SSSR count). The smallest absolute Gasteiger partial charge is 0.117 e. The molecule has 0 aliphatic carbocycles. The van der Waals surface area contributed by atoms with Crippen molar-refractivity contribution in [2.75, 3.05) is 45.9 Å². The summed E-state index contributed by atoms with van der Waals surface area (Å²) in [6, 6.07) is 5.11. The third-order valence-electron chi connectivity index (χ3n) is 5.99. The standard InChI is InChI=1S/C20H35N3O2/c1-17(2)22-8-5-18(6-9-22)14-21-10-11-23(19(15-21)7-12-24)16-20-4-3-13-25-20/h3-4,13,17-19,24H,5-12,14-16H2,1-2H3. The Kier molecular flexibility index (Phi) is 6.93. The van der Waals surface area contributed by atoms with Gasteiger partial charge in [-0.25, -0.2) is 0 Å². The van der Waals surface area contributed by atoms with Gasteiger partial charge in [-0.1, -0.05) is 0 Å². The van der Waals surface area contributed by atoms with Crippen molar-refractivity contribution in [2.45, 2.75) is 51.7 Å². The van der Waals surface area contributed by atoms with E-state index in [0.717, 1.165) is 44.3 Å². The number of piperidine rings is 1. The minimum absolute atomic E-state index is 0.264. The molecule has 1 unspecified atom stereocenters. The van der Waals surface area contributed by atoms with E-state index in [1.807, 2.05) is 12.1 Å². The topological polar surface area (TPSA) is 43.1 Å². The lowest BCUT2D eigenvalue weighted by Crippen LogP contribution is -2.54. The zero-order chi connectivity index (χ0) is 17.6. The van der Waals surface area contributed by atoms with Gasteiger partial charge >= 0.3 is 0 Å². The van der Waals surface area contributed by atoms with Crippen molar-refractivity contribution in [3.05, 3.63) is 24.2 Å². The molecule has 5 nitrogen and oxygen atoms in total. The van der Waals surface area contributed by atoms with Gasteiger partial charge in [0.2, 0.25) is 0 Å². The van der Waals surface area contributed by atoms with Crippen molar-refractivity contribution < 1.29 is 9.52 Å². The highest BCUT2D eigenvalue weighted by Crippen LogP contribution is 2.23. The molecular weight excluding hydrogens is 314 g/mol. The first-order valence-corrected chi connectivity index (χ1v) is 9.99. The minimum Gasteiger partial charge on any atom is -0.468 e. The van der Waals surface area contributed by atoms with E-state index in [2.05, 4.69) is 28.5 Å². The summed E-state index contributed by atoms with van der Waals surface area (Å²) < 4.78 is 5.52. The summed E-state index contributed by atoms with van der Waals surface area (Å²) in [4.78, 5) is 7.72. The van der Waals surface area contributed by atoms with Gasteiger partial charge in [-0.05, 0) is 64.3 Å². The molecule has 1 N–H and O–H groups in total. The Morgan fingerprint density at radius 2 is 2.00 bits per heavy atom. The predicted octanol–water partition coefficient (Wildman–Crippen LogP) is 2.27. The molecule has 2 aliphatic heterocycles. The van der Waals surface area contributed by atoms with Crippen LogP contribution in [0.1, 0.15) is 38.9 Å². The SMILES string of the molecule is CC(C)N1CCC(CN2CCN(Cc3ccco3)C(CCO)C2)CC1. The maximum atomic E-state index is 9.48. The largest absolute Gasteiger partial charge is 0.468 e. The molecule has 0 bridgehead atoms. The van der Waals surface area contributed by atoms with Crippen LogP contribution >= 0.6 is 0 Å². The number of aliphatic hydroxyl groups is 1. The summed E-state index contributed by atoms with van der Waals surface area (Å²) in [5, 5.41) is 9.48. The van der Waals surface area contributed by atoms with E-state index in [1.165, 1.54) is 32.5 Å². The molecule has 5 heteroatoms. The first-order valence-electron chi connectivity index (χ1n) is 9.99. The number of rotatable bonds is 7. The third kappa shape index (κ3) is 5.30. The van der Waals surface area contributed by atoms with Gasteiger partial charge in [0.15, 0.2) is 0 Å². The van der Waals surface area contributed by atoms with Crippen molar-refractivity contribution in [3.63, 3.8) is 0 Å². The molecular formula is C20H35N3O2. The molecule has 1 aromatic heterocycles. The summed E-state index contributed by atoms with van der Waals surface area (Å²) in [5.41, 5.74) is 0. The van der Waals surface area contributed by atoms with Crippen LogP contribution in [0.4, 0.5) is 0 Å². The Labute approximate surface area is 152 Å². The number of nitrogens with zero attached hydrogens (tertiary/aromatic N) is 3. The Bertz CT molecular complexity index is 483. The van der Waals surface area contributed by atoms with Crippen molar-refractivity contribution >= 4 is 0 Å². The summed E-state index contributed by atoms with van der Waals surface area (Å²) >= 11 is 0. The zero-order valence-corrected chi connectivity index (χ0v) is 15.9. The minimum atomic E-state index is 0.264. The lowest BCUT2D eigenvalue weighted by Gasteiger charge is -2.43. The Morgan fingerprint density at radius 1 is 1.20 bits per heavy atom. The average Bonchev–Trinajstić information content (AvgIpc) is 3.11. The summed E-state index contributed by atoms with van der Waals surface area (Å²) in [6.45, 7) is 12.7. The van der Waals surface area contributed by atoms with Gasteiger partial charge in [-0.2, -0.15) is 0 Å². The Morgan fingerprint density at radius 3 is 2.64 bits per heavy atom. The van der Waals surface area contributed by atoms with Gasteiger partial charge in [0.1, 0.15) is 5.76 Å². The van der Waals surface area contributed by atoms with Gasteiger partial charge in [0.05, 0.1) is 12.8 Å². The van der Waals surface area contributed by atoms with Gasteiger partial charge < -0.3 is 19.3 Å². The van der Waals surface area contributed by atoms with E-state index in [4.69, 9.17) is 4.42 Å². The van der Waals surface area contributed by atoms with Crippen LogP contribution in [0, 0.1) is 5.92 Å². The second kappa shape index (κ2) is 9.17. The monoisotopic (exact) mass is 349 g/mol. The van der Waals surface area contributed by atoms with E-state index < -0.39 is 0 Å². The van der Waals surface area contributed by atoms with E-state index in [1.54, 1.807) is 6.26 Å². The summed E-state index contributed by atoms with van der Waals surface area (Å²) in [7, 11) is 0. The number of hydrogen-bond acceptors (Lipinski definition) is 5. The molecule has 25 heavy (non-hydrogen) atoms. The van der Waals surface area contributed by atoms with Crippen LogP contribution < -0.4 is 0 Å². The Hall–Kier alpha value is -0.880. The number of furan rings is 1. The normalized spacial score (nSPS) is 25.0. The zero-order valence-electron chi connectivity index (χ0n) is 15.9. The van der Waals surface area contributed by atoms with Crippen LogP contribution in [0.3, 0.4) is 0 Å². The van der Waals surface area contributed by atoms with Crippen LogP contribution in [0.25, 0.3) is 0 Å². The molecule has 142 valence electrons. The van der Waals surface area contributed by atoms with Crippen molar-refractivity contribution in [2.24, 2.45) is 5.92 Å². The van der Waals surface area contributed by atoms with Crippen LogP contribution in [0.15, 0.2) is 22.8 Å². The molecule has 2 fully saturated rings. The molecule has 2 saturated heterocycles. The molecule has 1 aromatic rings. The number of piperazine rings is 1. The highest BCUT2D eigenvalue weighted by atomic mass is 16.3. The van der Waals surface area contributed by atoms with E-state index in [9.17, 15) is 5.11 Å². The fourth-order valence-electron chi connectivity index (χ4n) is 4.37. The maximum Gasteiger partial charge on any atom is 0.117 e. The van der Waals surface area contributed by atoms with Crippen LogP contribution in [0.5, 0.6) is 0 Å². The van der Waals surface area contributed by atoms with E-state index in [-0.39, 0.29) is 6.61 Å². The lowest BCUT2D eigenvalue weighted by molar-refractivity contribution is 0.0332. The van der Waals surface area contributed by atoms with Crippen LogP contribution in [-0.4, -0.2) is 77.8 Å². The molecule has 0 saturated carbocycles. The number of hydrogen-bond donors (Lipinski definition) is 1. The third-order valence-corrected chi connectivity index (χ3v) is 5.99. The van der Waals surface area contributed by atoms with E-state index in [0.29, 0.717) is 12.1 Å². The molecule has 0 spiro atoms. The number of likely N-dealkylation sites (tertiary alicyclic amines) is 1. The summed E-state index contributed by atoms with van der Waals surface area (Å²) in [6.07, 6.45) is 5.25. The van der Waals surface area contributed by atoms with Gasteiger partial charge in [-0.3, -0.25) is 4.90 Å². The number of aliphatic hydroxyl groups excluding tert-OH is 1. The highest BCUT2D eigenvalue weighted by molar-refractivity contribution is 4.99. The second-order valence-electron chi connectivity index (χ2n) is 8.05. The molecule has 0 aromatic carbocycles. The first kappa shape index (κ1) is 18.9. The van der Waals surface area contributed by atoms with Gasteiger partial charge in [0, 0.05) is 44.9 Å². The molecule has 2 aliphatic rings. The fraction of sp³-hybridized carbons (Fsp3) is 0.800. The van der Waals surface area contributed by atoms with Crippen molar-refractivity contribution in [3.8, 4) is 0 Å². The molecule has 1 atom stereocenters. The molecule has 0 amide bonds. The highest BCUT2D eigenvalue weighted by Gasteiger charge is 2.29. The first-order chi connectivity index (χ1) is 12.2. The van der Waals surface area contributed by atoms with Crippen LogP contribution in [-0.2, 0) is 6.54 Å². The predicted molar refractivity (Wildman–Crippen MR) is 100 cm³/mol. The molecule has 3 heterocycles.